The van der Waals surface area contributed by atoms with Crippen molar-refractivity contribution in [1.29, 1.82) is 0 Å². The molecule has 0 spiro atoms. The van der Waals surface area contributed by atoms with Crippen LogP contribution in [0.15, 0.2) is 0 Å². The molecule has 1 atom stereocenters. The molecule has 0 amide bonds. The van der Waals surface area contributed by atoms with Gasteiger partial charge >= 0.3 is 0 Å². The van der Waals surface area contributed by atoms with Crippen molar-refractivity contribution in [3.63, 3.8) is 0 Å². The molecule has 0 saturated carbocycles. The van der Waals surface area contributed by atoms with E-state index in [0.717, 1.165) is 18.8 Å². The van der Waals surface area contributed by atoms with Gasteiger partial charge in [0.25, 0.3) is 0 Å². The highest BCUT2D eigenvalue weighted by atomic mass is 14.1. The lowest BCUT2D eigenvalue weighted by Crippen LogP contribution is -1.95. The third-order valence-electron chi connectivity index (χ3n) is 5.89. The molecule has 0 nitrogen and oxygen atoms in total. The van der Waals surface area contributed by atoms with Gasteiger partial charge in [0.1, 0.15) is 0 Å². The van der Waals surface area contributed by atoms with Crippen molar-refractivity contribution in [2.24, 2.45) is 5.92 Å². The lowest BCUT2D eigenvalue weighted by molar-refractivity contribution is 0.430. The Kier molecular flexibility index (Phi) is 23.0. The molecule has 0 aliphatic carbocycles. The van der Waals surface area contributed by atoms with Gasteiger partial charge in [-0.05, 0) is 5.92 Å². The Morgan fingerprint density at radius 2 is 0.615 bits per heavy atom. The molecule has 0 heterocycles. The molecule has 2 radical (unpaired) electrons. The zero-order valence-corrected chi connectivity index (χ0v) is 18.5. The Hall–Kier alpha value is 0. The Balaban J connectivity index is 3.11. The summed E-state index contributed by atoms with van der Waals surface area (Å²) in [6.07, 6.45) is 31.1. The van der Waals surface area contributed by atoms with E-state index in [0.29, 0.717) is 0 Å². The van der Waals surface area contributed by atoms with Crippen molar-refractivity contribution in [1.82, 2.24) is 0 Å². The van der Waals surface area contributed by atoms with Gasteiger partial charge in [-0.3, -0.25) is 0 Å². The minimum absolute atomic E-state index is 0.958. The second kappa shape index (κ2) is 23.0. The molecule has 0 aromatic heterocycles. The number of unbranched alkanes of at least 4 members (excludes halogenated alkanes) is 18. The summed E-state index contributed by atoms with van der Waals surface area (Å²) in [5.41, 5.74) is 0. The van der Waals surface area contributed by atoms with Crippen LogP contribution in [-0.2, 0) is 0 Å². The second-order valence-corrected chi connectivity index (χ2v) is 8.75. The van der Waals surface area contributed by atoms with E-state index in [-0.39, 0.29) is 0 Å². The maximum atomic E-state index is 3.91. The van der Waals surface area contributed by atoms with E-state index in [9.17, 15) is 0 Å². The van der Waals surface area contributed by atoms with E-state index in [1.54, 1.807) is 0 Å². The maximum absolute atomic E-state index is 3.91. The average molecular weight is 365 g/mol. The first-order chi connectivity index (χ1) is 12.8. The van der Waals surface area contributed by atoms with Gasteiger partial charge < -0.3 is 0 Å². The van der Waals surface area contributed by atoms with Crippen molar-refractivity contribution >= 4 is 0 Å². The fourth-order valence-corrected chi connectivity index (χ4v) is 3.96. The molecule has 0 aromatic carbocycles. The molecule has 0 fully saturated rings. The average Bonchev–Trinajstić information content (AvgIpc) is 2.65. The Labute approximate surface area is 168 Å². The van der Waals surface area contributed by atoms with Gasteiger partial charge in [-0.1, -0.05) is 162 Å². The highest BCUT2D eigenvalue weighted by molar-refractivity contribution is 4.56. The predicted octanol–water partition coefficient (Wildman–Crippen LogP) is 9.87. The quantitative estimate of drug-likeness (QED) is 0.168. The van der Waals surface area contributed by atoms with E-state index in [4.69, 9.17) is 0 Å². The maximum Gasteiger partial charge on any atom is -0.0443 e. The number of rotatable bonds is 22. The fourth-order valence-electron chi connectivity index (χ4n) is 3.96. The molecular formula is C26H52. The van der Waals surface area contributed by atoms with Crippen LogP contribution in [0.4, 0.5) is 0 Å². The van der Waals surface area contributed by atoms with Crippen LogP contribution in [0.5, 0.6) is 0 Å². The van der Waals surface area contributed by atoms with Crippen LogP contribution < -0.4 is 0 Å². The summed E-state index contributed by atoms with van der Waals surface area (Å²) in [5, 5.41) is 0. The van der Waals surface area contributed by atoms with Crippen molar-refractivity contribution in [2.45, 2.75) is 148 Å². The molecule has 0 aliphatic heterocycles. The highest BCUT2D eigenvalue weighted by Crippen LogP contribution is 2.19. The SMILES string of the molecule is [CH2]CCCCCCCCCCCCCC(C)CCCCCCCCC[CH2]. The van der Waals surface area contributed by atoms with Crippen LogP contribution in [0.3, 0.4) is 0 Å². The molecule has 26 heavy (non-hydrogen) atoms. The molecule has 0 rings (SSSR count). The summed E-state index contributed by atoms with van der Waals surface area (Å²) >= 11 is 0. The van der Waals surface area contributed by atoms with Gasteiger partial charge in [0.05, 0.1) is 0 Å². The van der Waals surface area contributed by atoms with Crippen LogP contribution >= 0.6 is 0 Å². The van der Waals surface area contributed by atoms with Crippen LogP contribution in [0.25, 0.3) is 0 Å². The Bertz CT molecular complexity index is 232. The summed E-state index contributed by atoms with van der Waals surface area (Å²) in [4.78, 5) is 0. The molecule has 1 unspecified atom stereocenters. The van der Waals surface area contributed by atoms with Gasteiger partial charge in [-0.15, -0.1) is 0 Å². The van der Waals surface area contributed by atoms with Crippen LogP contribution in [-0.4, -0.2) is 0 Å². The van der Waals surface area contributed by atoms with Gasteiger partial charge in [0.15, 0.2) is 0 Å². The van der Waals surface area contributed by atoms with Gasteiger partial charge in [-0.25, -0.2) is 0 Å². The zero-order chi connectivity index (χ0) is 19.1. The van der Waals surface area contributed by atoms with Gasteiger partial charge in [0, 0.05) is 0 Å². The molecule has 156 valence electrons. The third-order valence-corrected chi connectivity index (χ3v) is 5.89. The first-order valence-corrected chi connectivity index (χ1v) is 12.4. The smallest absolute Gasteiger partial charge is 0.0443 e. The molecule has 0 aliphatic rings. The van der Waals surface area contributed by atoms with Gasteiger partial charge in [-0.2, -0.15) is 0 Å². The van der Waals surface area contributed by atoms with Crippen LogP contribution in [0, 0.1) is 19.8 Å². The number of hydrogen-bond donors (Lipinski definition) is 0. The monoisotopic (exact) mass is 364 g/mol. The topological polar surface area (TPSA) is 0 Å². The van der Waals surface area contributed by atoms with Crippen molar-refractivity contribution in [3.8, 4) is 0 Å². The Morgan fingerprint density at radius 3 is 0.885 bits per heavy atom. The summed E-state index contributed by atoms with van der Waals surface area (Å²) < 4.78 is 0. The minimum atomic E-state index is 0.958. The zero-order valence-electron chi connectivity index (χ0n) is 18.5. The minimum Gasteiger partial charge on any atom is -0.0625 e. The summed E-state index contributed by atoms with van der Waals surface area (Å²) in [6, 6.07) is 0. The van der Waals surface area contributed by atoms with E-state index in [1.165, 1.54) is 128 Å². The molecule has 0 saturated heterocycles. The highest BCUT2D eigenvalue weighted by Gasteiger charge is 2.02. The molecule has 0 N–H and O–H groups in total. The molecule has 0 bridgehead atoms. The Morgan fingerprint density at radius 1 is 0.385 bits per heavy atom. The fraction of sp³-hybridized carbons (Fsp3) is 0.923. The summed E-state index contributed by atoms with van der Waals surface area (Å²) in [6.45, 7) is 10.3. The predicted molar refractivity (Wildman–Crippen MR) is 121 cm³/mol. The normalized spacial score (nSPS) is 12.6. The third kappa shape index (κ3) is 22.0. The lowest BCUT2D eigenvalue weighted by Gasteiger charge is -2.11. The first-order valence-electron chi connectivity index (χ1n) is 12.4. The largest absolute Gasteiger partial charge is 0.0625 e. The summed E-state index contributed by atoms with van der Waals surface area (Å²) in [5.74, 6) is 0.958. The standard InChI is InChI=1S/C26H52/c1-4-6-8-10-12-14-15-16-17-19-21-23-25-26(3)24-22-20-18-13-11-9-7-5-2/h26H,1-2,4-25H2,3H3. The van der Waals surface area contributed by atoms with E-state index in [2.05, 4.69) is 20.8 Å². The van der Waals surface area contributed by atoms with Crippen molar-refractivity contribution in [3.05, 3.63) is 13.8 Å². The van der Waals surface area contributed by atoms with E-state index in [1.807, 2.05) is 0 Å². The van der Waals surface area contributed by atoms with Crippen molar-refractivity contribution < 1.29 is 0 Å². The van der Waals surface area contributed by atoms with E-state index < -0.39 is 0 Å². The number of hydrogen-bond acceptors (Lipinski definition) is 0. The lowest BCUT2D eigenvalue weighted by atomic mass is 9.95. The van der Waals surface area contributed by atoms with Crippen LogP contribution in [0.2, 0.25) is 0 Å². The van der Waals surface area contributed by atoms with Crippen LogP contribution in [0.1, 0.15) is 148 Å². The molecule has 0 aromatic rings. The first kappa shape index (κ1) is 26.0. The van der Waals surface area contributed by atoms with E-state index >= 15 is 0 Å². The van der Waals surface area contributed by atoms with Gasteiger partial charge in [0.2, 0.25) is 0 Å². The van der Waals surface area contributed by atoms with Crippen molar-refractivity contribution in [2.75, 3.05) is 0 Å². The molecule has 0 heteroatoms. The molecular weight excluding hydrogens is 312 g/mol. The summed E-state index contributed by atoms with van der Waals surface area (Å²) in [7, 11) is 0. The second-order valence-electron chi connectivity index (χ2n) is 8.75.